The van der Waals surface area contributed by atoms with E-state index < -0.39 is 12.0 Å². The maximum absolute atomic E-state index is 12.2. The Balaban J connectivity index is 2.48. The van der Waals surface area contributed by atoms with Crippen molar-refractivity contribution in [3.05, 3.63) is 0 Å². The van der Waals surface area contributed by atoms with Gasteiger partial charge in [0.15, 0.2) is 0 Å². The van der Waals surface area contributed by atoms with Gasteiger partial charge in [-0.1, -0.05) is 34.1 Å². The predicted molar refractivity (Wildman–Crippen MR) is 79.4 cm³/mol. The Hall–Kier alpha value is -1.06. The molecule has 0 heterocycles. The molecule has 0 radical (unpaired) electrons. The summed E-state index contributed by atoms with van der Waals surface area (Å²) in [5.41, 5.74) is 0.299. The largest absolute Gasteiger partial charge is 0.480 e. The summed E-state index contributed by atoms with van der Waals surface area (Å²) in [7, 11) is 0. The van der Waals surface area contributed by atoms with Crippen LogP contribution in [0.25, 0.3) is 0 Å². The first kappa shape index (κ1) is 17.0. The van der Waals surface area contributed by atoms with Crippen LogP contribution < -0.4 is 5.32 Å². The predicted octanol–water partition coefficient (Wildman–Crippen LogP) is 3.21. The molecule has 4 nitrogen and oxygen atoms in total. The zero-order valence-electron chi connectivity index (χ0n) is 13.2. The van der Waals surface area contributed by atoms with E-state index >= 15 is 0 Å². The molecule has 0 spiro atoms. The Morgan fingerprint density at radius 1 is 1.20 bits per heavy atom. The molecule has 116 valence electrons. The van der Waals surface area contributed by atoms with E-state index in [9.17, 15) is 9.59 Å². The molecule has 1 aliphatic rings. The molecule has 4 heteroatoms. The fourth-order valence-corrected chi connectivity index (χ4v) is 3.06. The molecule has 0 bridgehead atoms. The van der Waals surface area contributed by atoms with E-state index in [0.29, 0.717) is 17.8 Å². The molecule has 0 unspecified atom stereocenters. The average molecular weight is 283 g/mol. The molecule has 0 saturated heterocycles. The lowest BCUT2D eigenvalue weighted by atomic mass is 9.69. The topological polar surface area (TPSA) is 66.4 Å². The van der Waals surface area contributed by atoms with Crippen LogP contribution in [0.4, 0.5) is 0 Å². The Labute approximate surface area is 122 Å². The Morgan fingerprint density at radius 3 is 2.15 bits per heavy atom. The molecule has 0 aromatic heterocycles. The number of hydrogen-bond acceptors (Lipinski definition) is 2. The van der Waals surface area contributed by atoms with Gasteiger partial charge < -0.3 is 10.4 Å². The van der Waals surface area contributed by atoms with Gasteiger partial charge in [0, 0.05) is 5.92 Å². The van der Waals surface area contributed by atoms with Crippen molar-refractivity contribution in [2.75, 3.05) is 0 Å². The van der Waals surface area contributed by atoms with Gasteiger partial charge in [-0.2, -0.15) is 0 Å². The minimum atomic E-state index is -0.927. The molecule has 1 fully saturated rings. The highest BCUT2D eigenvalue weighted by molar-refractivity contribution is 5.84. The Bertz CT molecular complexity index is 338. The molecule has 1 saturated carbocycles. The third-order valence-corrected chi connectivity index (χ3v) is 4.51. The Kier molecular flexibility index (Phi) is 6.03. The molecule has 1 atom stereocenters. The van der Waals surface area contributed by atoms with Crippen molar-refractivity contribution in [3.8, 4) is 0 Å². The minimum absolute atomic E-state index is 0.00712. The number of carboxylic acids is 1. The van der Waals surface area contributed by atoms with Gasteiger partial charge in [-0.15, -0.1) is 0 Å². The second-order valence-electron chi connectivity index (χ2n) is 7.10. The number of nitrogens with one attached hydrogen (secondary N) is 1. The van der Waals surface area contributed by atoms with Crippen LogP contribution in [0.5, 0.6) is 0 Å². The average Bonchev–Trinajstić information content (AvgIpc) is 2.37. The number of carbonyl (C=O) groups excluding carboxylic acids is 1. The summed E-state index contributed by atoms with van der Waals surface area (Å²) in [6.45, 7) is 8.68. The molecule has 0 aromatic carbocycles. The quantitative estimate of drug-likeness (QED) is 0.814. The number of aliphatic carboxylic acids is 1. The van der Waals surface area contributed by atoms with Gasteiger partial charge in [-0.05, 0) is 43.4 Å². The highest BCUT2D eigenvalue weighted by atomic mass is 16.4. The van der Waals surface area contributed by atoms with Crippen molar-refractivity contribution in [2.24, 2.45) is 17.3 Å². The van der Waals surface area contributed by atoms with Crippen LogP contribution in [0.2, 0.25) is 0 Å². The number of rotatable bonds is 5. The van der Waals surface area contributed by atoms with Gasteiger partial charge in [0.1, 0.15) is 6.04 Å². The van der Waals surface area contributed by atoms with Crippen LogP contribution in [-0.2, 0) is 9.59 Å². The monoisotopic (exact) mass is 283 g/mol. The maximum Gasteiger partial charge on any atom is 0.326 e. The first-order chi connectivity index (χ1) is 9.25. The molecule has 0 aromatic rings. The molecule has 1 rings (SSSR count). The normalized spacial score (nSPS) is 25.0. The van der Waals surface area contributed by atoms with Crippen molar-refractivity contribution in [3.63, 3.8) is 0 Å². The van der Waals surface area contributed by atoms with E-state index in [-0.39, 0.29) is 11.8 Å². The van der Waals surface area contributed by atoms with Gasteiger partial charge in [-0.3, -0.25) is 4.79 Å². The molecule has 0 aliphatic heterocycles. The van der Waals surface area contributed by atoms with Crippen LogP contribution in [0.1, 0.15) is 66.2 Å². The van der Waals surface area contributed by atoms with E-state index in [1.165, 1.54) is 0 Å². The van der Waals surface area contributed by atoms with Crippen molar-refractivity contribution in [1.82, 2.24) is 5.32 Å². The molecule has 1 aliphatic carbocycles. The van der Waals surface area contributed by atoms with Gasteiger partial charge in [0.2, 0.25) is 5.91 Å². The lowest BCUT2D eigenvalue weighted by molar-refractivity contribution is -0.143. The molecule has 2 N–H and O–H groups in total. The van der Waals surface area contributed by atoms with Gasteiger partial charge in [0.25, 0.3) is 0 Å². The third-order valence-electron chi connectivity index (χ3n) is 4.51. The van der Waals surface area contributed by atoms with Crippen LogP contribution in [0.15, 0.2) is 0 Å². The van der Waals surface area contributed by atoms with Crippen molar-refractivity contribution >= 4 is 11.9 Å². The zero-order valence-corrected chi connectivity index (χ0v) is 13.2. The van der Waals surface area contributed by atoms with E-state index in [4.69, 9.17) is 5.11 Å². The van der Waals surface area contributed by atoms with E-state index in [2.05, 4.69) is 26.1 Å². The van der Waals surface area contributed by atoms with Gasteiger partial charge >= 0.3 is 5.97 Å². The summed E-state index contributed by atoms with van der Waals surface area (Å²) in [6, 6.07) is -0.729. The SMILES string of the molecule is CCC[C@H](NC(=O)C1CCC(C(C)(C)C)CC1)C(=O)O. The van der Waals surface area contributed by atoms with Crippen LogP contribution in [-0.4, -0.2) is 23.0 Å². The molecule has 1 amide bonds. The number of amides is 1. The van der Waals surface area contributed by atoms with E-state index in [1.807, 2.05) is 6.92 Å². The number of carbonyl (C=O) groups is 2. The lowest BCUT2D eigenvalue weighted by Gasteiger charge is -2.36. The maximum atomic E-state index is 12.2. The summed E-state index contributed by atoms with van der Waals surface area (Å²) in [6.07, 6.45) is 5.14. The second kappa shape index (κ2) is 7.09. The fourth-order valence-electron chi connectivity index (χ4n) is 3.06. The fraction of sp³-hybridized carbons (Fsp3) is 0.875. The second-order valence-corrected chi connectivity index (χ2v) is 7.10. The first-order valence-corrected chi connectivity index (χ1v) is 7.78. The van der Waals surface area contributed by atoms with Crippen LogP contribution in [0, 0.1) is 17.3 Å². The zero-order chi connectivity index (χ0) is 15.3. The van der Waals surface area contributed by atoms with E-state index in [0.717, 1.165) is 32.1 Å². The summed E-state index contributed by atoms with van der Waals surface area (Å²) < 4.78 is 0. The van der Waals surface area contributed by atoms with Crippen LogP contribution in [0.3, 0.4) is 0 Å². The first-order valence-electron chi connectivity index (χ1n) is 7.78. The third kappa shape index (κ3) is 4.80. The standard InChI is InChI=1S/C16H29NO3/c1-5-6-13(15(19)20)17-14(18)11-7-9-12(10-8-11)16(2,3)4/h11-13H,5-10H2,1-4H3,(H,17,18)(H,19,20)/t11?,12?,13-/m0/s1. The van der Waals surface area contributed by atoms with Gasteiger partial charge in [0.05, 0.1) is 0 Å². The van der Waals surface area contributed by atoms with Gasteiger partial charge in [-0.25, -0.2) is 4.79 Å². The lowest BCUT2D eigenvalue weighted by Crippen LogP contribution is -2.44. The summed E-state index contributed by atoms with van der Waals surface area (Å²) in [5, 5.41) is 11.8. The van der Waals surface area contributed by atoms with E-state index in [1.54, 1.807) is 0 Å². The van der Waals surface area contributed by atoms with Crippen molar-refractivity contribution in [1.29, 1.82) is 0 Å². The Morgan fingerprint density at radius 2 is 1.75 bits per heavy atom. The molecular weight excluding hydrogens is 254 g/mol. The van der Waals surface area contributed by atoms with Crippen molar-refractivity contribution in [2.45, 2.75) is 72.3 Å². The number of hydrogen-bond donors (Lipinski definition) is 2. The van der Waals surface area contributed by atoms with Crippen molar-refractivity contribution < 1.29 is 14.7 Å². The van der Waals surface area contributed by atoms with Crippen LogP contribution >= 0.6 is 0 Å². The molecule has 20 heavy (non-hydrogen) atoms. The summed E-state index contributed by atoms with van der Waals surface area (Å²) in [5.74, 6) is -0.341. The summed E-state index contributed by atoms with van der Waals surface area (Å²) in [4.78, 5) is 23.2. The summed E-state index contributed by atoms with van der Waals surface area (Å²) >= 11 is 0. The smallest absolute Gasteiger partial charge is 0.326 e. The highest BCUT2D eigenvalue weighted by Crippen LogP contribution is 2.39. The number of carboxylic acid groups (broad SMARTS) is 1. The molecular formula is C16H29NO3. The highest BCUT2D eigenvalue weighted by Gasteiger charge is 2.33. The minimum Gasteiger partial charge on any atom is -0.480 e.